The summed E-state index contributed by atoms with van der Waals surface area (Å²) in [6, 6.07) is 0. The number of primary amides is 1. The topological polar surface area (TPSA) is 123 Å². The summed E-state index contributed by atoms with van der Waals surface area (Å²) >= 11 is 0. The summed E-state index contributed by atoms with van der Waals surface area (Å²) in [5.41, 5.74) is 5.40. The average Bonchev–Trinajstić information content (AvgIpc) is 2.88. The molecule has 2 N–H and O–H groups in total. The minimum absolute atomic E-state index is 0.122. The summed E-state index contributed by atoms with van der Waals surface area (Å²) in [5, 5.41) is 3.79. The van der Waals surface area contributed by atoms with E-state index >= 15 is 0 Å². The van der Waals surface area contributed by atoms with Crippen LogP contribution in [0.1, 0.15) is 32.0 Å². The molecule has 9 nitrogen and oxygen atoms in total. The molecule has 0 unspecified atom stereocenters. The molecule has 24 heavy (non-hydrogen) atoms. The summed E-state index contributed by atoms with van der Waals surface area (Å²) in [5.74, 6) is -0.290. The van der Waals surface area contributed by atoms with Gasteiger partial charge in [-0.05, 0) is 0 Å². The number of carbonyl (C=O) groups is 3. The maximum atomic E-state index is 12.4. The van der Waals surface area contributed by atoms with Crippen LogP contribution in [0.2, 0.25) is 0 Å². The highest BCUT2D eigenvalue weighted by Gasteiger charge is 2.29. The molecule has 1 fully saturated rings. The summed E-state index contributed by atoms with van der Waals surface area (Å²) < 4.78 is 5.07. The lowest BCUT2D eigenvalue weighted by Crippen LogP contribution is -2.40. The third-order valence-electron chi connectivity index (χ3n) is 4.10. The van der Waals surface area contributed by atoms with Crippen LogP contribution in [-0.2, 0) is 27.2 Å². The maximum absolute atomic E-state index is 12.4. The van der Waals surface area contributed by atoms with Gasteiger partial charge in [0.05, 0.1) is 5.92 Å². The van der Waals surface area contributed by atoms with Crippen molar-refractivity contribution < 1.29 is 18.9 Å². The molecule has 0 radical (unpaired) electrons. The Labute approximate surface area is 140 Å². The first-order valence-electron chi connectivity index (χ1n) is 8.04. The Morgan fingerprint density at radius 3 is 2.50 bits per heavy atom. The molecule has 0 spiro atoms. The number of aryl methyl sites for hydroxylation is 2. The maximum Gasteiger partial charge on any atom is 0.227 e. The van der Waals surface area contributed by atoms with Crippen molar-refractivity contribution in [3.63, 3.8) is 0 Å². The molecule has 1 saturated heterocycles. The number of aromatic nitrogens is 2. The highest BCUT2D eigenvalue weighted by Crippen LogP contribution is 2.12. The zero-order valence-electron chi connectivity index (χ0n) is 14.0. The Kier molecular flexibility index (Phi) is 5.88. The second kappa shape index (κ2) is 7.89. The van der Waals surface area contributed by atoms with E-state index in [1.807, 2.05) is 6.92 Å². The molecule has 1 aliphatic heterocycles. The highest BCUT2D eigenvalue weighted by atomic mass is 16.5. The fourth-order valence-electron chi connectivity index (χ4n) is 2.61. The molecule has 1 aromatic heterocycles. The fourth-order valence-corrected chi connectivity index (χ4v) is 2.61. The SMILES string of the molecule is CCc1noc(CCC(=O)N2CCN(C(C)=O)C[C@@H](C(N)=O)C2)n1. The van der Waals surface area contributed by atoms with Crippen molar-refractivity contribution in [1.82, 2.24) is 19.9 Å². The fraction of sp³-hybridized carbons (Fsp3) is 0.667. The molecule has 1 aliphatic rings. The van der Waals surface area contributed by atoms with E-state index in [4.69, 9.17) is 10.3 Å². The Balaban J connectivity index is 1.96. The lowest BCUT2D eigenvalue weighted by Gasteiger charge is -2.22. The van der Waals surface area contributed by atoms with Crippen LogP contribution in [0.25, 0.3) is 0 Å². The lowest BCUT2D eigenvalue weighted by atomic mass is 10.1. The Hall–Kier alpha value is -2.45. The van der Waals surface area contributed by atoms with Crippen LogP contribution in [0.5, 0.6) is 0 Å². The standard InChI is InChI=1S/C15H23N5O4/c1-3-12-17-13(24-18-12)4-5-14(22)20-7-6-19(10(2)21)8-11(9-20)15(16)23/h11H,3-9H2,1-2H3,(H2,16,23)/t11-/m1/s1. The Bertz CT molecular complexity index is 615. The largest absolute Gasteiger partial charge is 0.369 e. The first kappa shape index (κ1) is 17.9. The first-order chi connectivity index (χ1) is 11.4. The van der Waals surface area contributed by atoms with E-state index in [0.29, 0.717) is 37.6 Å². The zero-order valence-corrected chi connectivity index (χ0v) is 14.0. The van der Waals surface area contributed by atoms with Crippen molar-refractivity contribution in [2.75, 3.05) is 26.2 Å². The molecule has 0 bridgehead atoms. The Morgan fingerprint density at radius 2 is 1.92 bits per heavy atom. The van der Waals surface area contributed by atoms with E-state index in [2.05, 4.69) is 10.1 Å². The molecule has 0 saturated carbocycles. The highest BCUT2D eigenvalue weighted by molar-refractivity contribution is 5.81. The quantitative estimate of drug-likeness (QED) is 0.762. The van der Waals surface area contributed by atoms with Crippen molar-refractivity contribution >= 4 is 17.7 Å². The van der Waals surface area contributed by atoms with Crippen LogP contribution in [0.15, 0.2) is 4.52 Å². The molecule has 0 aliphatic carbocycles. The predicted molar refractivity (Wildman–Crippen MR) is 83.5 cm³/mol. The smallest absolute Gasteiger partial charge is 0.227 e. The summed E-state index contributed by atoms with van der Waals surface area (Å²) in [7, 11) is 0. The minimum atomic E-state index is -0.560. The second-order valence-corrected chi connectivity index (χ2v) is 5.86. The third kappa shape index (κ3) is 4.53. The molecular formula is C15H23N5O4. The Morgan fingerprint density at radius 1 is 1.25 bits per heavy atom. The van der Waals surface area contributed by atoms with Crippen molar-refractivity contribution in [2.24, 2.45) is 11.7 Å². The van der Waals surface area contributed by atoms with Gasteiger partial charge in [0, 0.05) is 52.4 Å². The van der Waals surface area contributed by atoms with E-state index in [0.717, 1.165) is 0 Å². The van der Waals surface area contributed by atoms with E-state index in [9.17, 15) is 14.4 Å². The average molecular weight is 337 g/mol. The number of rotatable bonds is 5. The van der Waals surface area contributed by atoms with E-state index in [1.165, 1.54) is 6.92 Å². The van der Waals surface area contributed by atoms with Gasteiger partial charge in [0.25, 0.3) is 0 Å². The molecule has 132 valence electrons. The van der Waals surface area contributed by atoms with Gasteiger partial charge in [0.15, 0.2) is 5.82 Å². The van der Waals surface area contributed by atoms with Gasteiger partial charge in [-0.3, -0.25) is 14.4 Å². The van der Waals surface area contributed by atoms with Crippen LogP contribution in [0.4, 0.5) is 0 Å². The molecule has 1 atom stereocenters. The van der Waals surface area contributed by atoms with Gasteiger partial charge in [-0.2, -0.15) is 4.98 Å². The minimum Gasteiger partial charge on any atom is -0.369 e. The van der Waals surface area contributed by atoms with Crippen LogP contribution < -0.4 is 5.73 Å². The molecule has 2 rings (SSSR count). The number of amides is 3. The zero-order chi connectivity index (χ0) is 17.7. The predicted octanol–water partition coefficient (Wildman–Crippen LogP) is -0.643. The second-order valence-electron chi connectivity index (χ2n) is 5.86. The van der Waals surface area contributed by atoms with Gasteiger partial charge in [-0.1, -0.05) is 12.1 Å². The van der Waals surface area contributed by atoms with Gasteiger partial charge in [-0.25, -0.2) is 0 Å². The molecule has 3 amide bonds. The normalized spacial score (nSPS) is 18.3. The molecular weight excluding hydrogens is 314 g/mol. The number of hydrogen-bond donors (Lipinski definition) is 1. The van der Waals surface area contributed by atoms with Gasteiger partial charge >= 0.3 is 0 Å². The number of nitrogens with two attached hydrogens (primary N) is 1. The van der Waals surface area contributed by atoms with Gasteiger partial charge in [0.2, 0.25) is 23.6 Å². The van der Waals surface area contributed by atoms with Crippen LogP contribution in [0, 0.1) is 5.92 Å². The van der Waals surface area contributed by atoms with Gasteiger partial charge < -0.3 is 20.1 Å². The molecule has 9 heteroatoms. The van der Waals surface area contributed by atoms with Crippen LogP contribution >= 0.6 is 0 Å². The summed E-state index contributed by atoms with van der Waals surface area (Å²) in [4.78, 5) is 42.9. The van der Waals surface area contributed by atoms with Crippen molar-refractivity contribution in [3.05, 3.63) is 11.7 Å². The molecule has 2 heterocycles. The molecule has 1 aromatic rings. The van der Waals surface area contributed by atoms with E-state index in [1.54, 1.807) is 9.80 Å². The van der Waals surface area contributed by atoms with Gasteiger partial charge in [-0.15, -0.1) is 0 Å². The van der Waals surface area contributed by atoms with Crippen molar-refractivity contribution in [3.8, 4) is 0 Å². The summed E-state index contributed by atoms with van der Waals surface area (Å²) in [6.07, 6.45) is 1.22. The van der Waals surface area contributed by atoms with Gasteiger partial charge in [0.1, 0.15) is 0 Å². The number of carbonyl (C=O) groups excluding carboxylic acids is 3. The lowest BCUT2D eigenvalue weighted by molar-refractivity contribution is -0.132. The van der Waals surface area contributed by atoms with E-state index in [-0.39, 0.29) is 31.3 Å². The molecule has 0 aromatic carbocycles. The van der Waals surface area contributed by atoms with E-state index < -0.39 is 11.8 Å². The van der Waals surface area contributed by atoms with Crippen LogP contribution in [0.3, 0.4) is 0 Å². The van der Waals surface area contributed by atoms with Crippen LogP contribution in [-0.4, -0.2) is 63.8 Å². The first-order valence-corrected chi connectivity index (χ1v) is 8.04. The number of hydrogen-bond acceptors (Lipinski definition) is 6. The summed E-state index contributed by atoms with van der Waals surface area (Å²) in [6.45, 7) is 4.61. The third-order valence-corrected chi connectivity index (χ3v) is 4.10. The van der Waals surface area contributed by atoms with Crippen molar-refractivity contribution in [2.45, 2.75) is 33.1 Å². The monoisotopic (exact) mass is 337 g/mol. The van der Waals surface area contributed by atoms with Crippen molar-refractivity contribution in [1.29, 1.82) is 0 Å². The number of nitrogens with zero attached hydrogens (tertiary/aromatic N) is 4.